The molecule has 0 radical (unpaired) electrons. The normalized spacial score (nSPS) is 15.1. The van der Waals surface area contributed by atoms with Crippen molar-refractivity contribution >= 4 is 17.8 Å². The number of hydrogen-bond donors (Lipinski definition) is 2. The van der Waals surface area contributed by atoms with Crippen LogP contribution in [0, 0.1) is 0 Å². The molecule has 8 nitrogen and oxygen atoms in total. The summed E-state index contributed by atoms with van der Waals surface area (Å²) in [5.41, 5.74) is 0. The minimum atomic E-state index is 0.163. The van der Waals surface area contributed by atoms with Crippen molar-refractivity contribution in [2.75, 3.05) is 68.2 Å². The van der Waals surface area contributed by atoms with Gasteiger partial charge in [0, 0.05) is 39.8 Å². The van der Waals surface area contributed by atoms with Crippen LogP contribution in [0.3, 0.4) is 0 Å². The molecular formula is C13H24N6O2. The van der Waals surface area contributed by atoms with Crippen molar-refractivity contribution < 1.29 is 9.84 Å². The van der Waals surface area contributed by atoms with E-state index in [9.17, 15) is 0 Å². The van der Waals surface area contributed by atoms with E-state index >= 15 is 0 Å². The van der Waals surface area contributed by atoms with Crippen molar-refractivity contribution in [2.24, 2.45) is 0 Å². The molecule has 1 aliphatic heterocycles. The van der Waals surface area contributed by atoms with E-state index in [2.05, 4.69) is 32.1 Å². The molecule has 2 heterocycles. The summed E-state index contributed by atoms with van der Waals surface area (Å²) in [5, 5.41) is 12.0. The summed E-state index contributed by atoms with van der Waals surface area (Å²) in [6, 6.07) is 0. The van der Waals surface area contributed by atoms with E-state index in [0.717, 1.165) is 26.2 Å². The van der Waals surface area contributed by atoms with Crippen molar-refractivity contribution in [2.45, 2.75) is 13.3 Å². The van der Waals surface area contributed by atoms with Gasteiger partial charge in [0.1, 0.15) is 0 Å². The van der Waals surface area contributed by atoms with Crippen LogP contribution in [0.15, 0.2) is 0 Å². The average Bonchev–Trinajstić information content (AvgIpc) is 2.56. The standard InChI is InChI=1S/C13H24N6O2/c1-3-18(5-4-8-20)12-15-11(14-2)16-13(17-12)19-6-9-21-10-7-19/h20H,3-10H2,1-2H3,(H,14,15,16,17). The van der Waals surface area contributed by atoms with Crippen molar-refractivity contribution in [3.63, 3.8) is 0 Å². The molecule has 8 heteroatoms. The van der Waals surface area contributed by atoms with E-state index in [1.54, 1.807) is 7.05 Å². The number of aliphatic hydroxyl groups is 1. The van der Waals surface area contributed by atoms with Crippen LogP contribution >= 0.6 is 0 Å². The van der Waals surface area contributed by atoms with Gasteiger partial charge in [-0.3, -0.25) is 0 Å². The highest BCUT2D eigenvalue weighted by molar-refractivity contribution is 5.45. The number of nitrogens with one attached hydrogen (secondary N) is 1. The zero-order valence-electron chi connectivity index (χ0n) is 12.7. The van der Waals surface area contributed by atoms with E-state index in [1.165, 1.54) is 0 Å². The predicted octanol–water partition coefficient (Wildman–Crippen LogP) is -0.0414. The lowest BCUT2D eigenvalue weighted by atomic mass is 10.4. The third-order valence-corrected chi connectivity index (χ3v) is 3.38. The van der Waals surface area contributed by atoms with Gasteiger partial charge in [-0.15, -0.1) is 0 Å². The van der Waals surface area contributed by atoms with E-state index in [4.69, 9.17) is 9.84 Å². The van der Waals surface area contributed by atoms with Crippen LogP contribution in [0.25, 0.3) is 0 Å². The summed E-state index contributed by atoms with van der Waals surface area (Å²) in [6.07, 6.45) is 0.696. The molecule has 0 unspecified atom stereocenters. The van der Waals surface area contributed by atoms with Gasteiger partial charge in [-0.05, 0) is 13.3 Å². The van der Waals surface area contributed by atoms with E-state index in [1.807, 2.05) is 4.90 Å². The quantitative estimate of drug-likeness (QED) is 0.725. The first kappa shape index (κ1) is 15.7. The van der Waals surface area contributed by atoms with Crippen molar-refractivity contribution in [3.05, 3.63) is 0 Å². The van der Waals surface area contributed by atoms with E-state index in [0.29, 0.717) is 37.5 Å². The lowest BCUT2D eigenvalue weighted by Crippen LogP contribution is -2.38. The van der Waals surface area contributed by atoms with Crippen LogP contribution < -0.4 is 15.1 Å². The first-order valence-corrected chi connectivity index (χ1v) is 7.40. The van der Waals surface area contributed by atoms with Crippen LogP contribution in [-0.4, -0.2) is 73.1 Å². The molecule has 2 N–H and O–H groups in total. The number of hydrogen-bond acceptors (Lipinski definition) is 8. The SMILES string of the molecule is CCN(CCCO)c1nc(NC)nc(N2CCOCC2)n1. The highest BCUT2D eigenvalue weighted by Crippen LogP contribution is 2.17. The van der Waals surface area contributed by atoms with Gasteiger partial charge in [-0.25, -0.2) is 0 Å². The van der Waals surface area contributed by atoms with Crippen LogP contribution in [0.1, 0.15) is 13.3 Å². The number of aliphatic hydroxyl groups excluding tert-OH is 1. The molecule has 0 aliphatic carbocycles. The van der Waals surface area contributed by atoms with Crippen LogP contribution in [-0.2, 0) is 4.74 Å². The zero-order valence-corrected chi connectivity index (χ0v) is 12.7. The summed E-state index contributed by atoms with van der Waals surface area (Å²) >= 11 is 0. The van der Waals surface area contributed by atoms with Gasteiger partial charge in [0.2, 0.25) is 17.8 Å². The zero-order chi connectivity index (χ0) is 15.1. The Morgan fingerprint density at radius 1 is 1.29 bits per heavy atom. The molecule has 0 spiro atoms. The maximum atomic E-state index is 9.00. The fourth-order valence-electron chi connectivity index (χ4n) is 2.17. The van der Waals surface area contributed by atoms with Gasteiger partial charge >= 0.3 is 0 Å². The van der Waals surface area contributed by atoms with Crippen LogP contribution in [0.5, 0.6) is 0 Å². The molecule has 1 aromatic heterocycles. The fourth-order valence-corrected chi connectivity index (χ4v) is 2.17. The summed E-state index contributed by atoms with van der Waals surface area (Å²) in [5.74, 6) is 1.88. The minimum Gasteiger partial charge on any atom is -0.396 e. The van der Waals surface area contributed by atoms with Gasteiger partial charge in [-0.1, -0.05) is 0 Å². The molecule has 1 aromatic rings. The number of aromatic nitrogens is 3. The molecule has 0 aromatic carbocycles. The number of anilines is 3. The van der Waals surface area contributed by atoms with E-state index < -0.39 is 0 Å². The van der Waals surface area contributed by atoms with Crippen LogP contribution in [0.2, 0.25) is 0 Å². The second-order valence-electron chi connectivity index (χ2n) is 4.77. The molecule has 118 valence electrons. The van der Waals surface area contributed by atoms with E-state index in [-0.39, 0.29) is 6.61 Å². The Morgan fingerprint density at radius 2 is 2.05 bits per heavy atom. The van der Waals surface area contributed by atoms with Gasteiger partial charge in [0.15, 0.2) is 0 Å². The second-order valence-corrected chi connectivity index (χ2v) is 4.77. The first-order valence-electron chi connectivity index (χ1n) is 7.40. The molecular weight excluding hydrogens is 272 g/mol. The smallest absolute Gasteiger partial charge is 0.232 e. The lowest BCUT2D eigenvalue weighted by molar-refractivity contribution is 0.122. The molecule has 21 heavy (non-hydrogen) atoms. The van der Waals surface area contributed by atoms with Crippen LogP contribution in [0.4, 0.5) is 17.8 Å². The summed E-state index contributed by atoms with van der Waals surface area (Å²) in [4.78, 5) is 17.6. The molecule has 0 atom stereocenters. The minimum absolute atomic E-state index is 0.163. The first-order chi connectivity index (χ1) is 10.3. The topological polar surface area (TPSA) is 86.6 Å². The fraction of sp³-hybridized carbons (Fsp3) is 0.769. The lowest BCUT2D eigenvalue weighted by Gasteiger charge is -2.28. The van der Waals surface area contributed by atoms with Gasteiger partial charge in [0.25, 0.3) is 0 Å². The number of ether oxygens (including phenoxy) is 1. The van der Waals surface area contributed by atoms with Crippen molar-refractivity contribution in [1.29, 1.82) is 0 Å². The Bertz CT molecular complexity index is 439. The Labute approximate surface area is 125 Å². The molecule has 1 saturated heterocycles. The number of nitrogens with zero attached hydrogens (tertiary/aromatic N) is 5. The number of rotatable bonds is 7. The van der Waals surface area contributed by atoms with Gasteiger partial charge in [-0.2, -0.15) is 15.0 Å². The third-order valence-electron chi connectivity index (χ3n) is 3.38. The van der Waals surface area contributed by atoms with Gasteiger partial charge in [0.05, 0.1) is 13.2 Å². The molecule has 1 aliphatic rings. The average molecular weight is 296 g/mol. The Morgan fingerprint density at radius 3 is 2.67 bits per heavy atom. The Balaban J connectivity index is 2.23. The maximum Gasteiger partial charge on any atom is 0.232 e. The second kappa shape index (κ2) is 7.94. The molecule has 0 amide bonds. The third kappa shape index (κ3) is 4.15. The molecule has 2 rings (SSSR count). The molecule has 0 saturated carbocycles. The largest absolute Gasteiger partial charge is 0.396 e. The van der Waals surface area contributed by atoms with Gasteiger partial charge < -0.3 is 25.0 Å². The predicted molar refractivity (Wildman–Crippen MR) is 82.0 cm³/mol. The summed E-state index contributed by atoms with van der Waals surface area (Å²) in [6.45, 7) is 6.68. The Kier molecular flexibility index (Phi) is 5.94. The number of morpholine rings is 1. The highest BCUT2D eigenvalue weighted by atomic mass is 16.5. The summed E-state index contributed by atoms with van der Waals surface area (Å²) < 4.78 is 5.36. The highest BCUT2D eigenvalue weighted by Gasteiger charge is 2.18. The Hall–Kier alpha value is -1.67. The van der Waals surface area contributed by atoms with Crippen molar-refractivity contribution in [1.82, 2.24) is 15.0 Å². The molecule has 0 bridgehead atoms. The molecule has 1 fully saturated rings. The summed E-state index contributed by atoms with van der Waals surface area (Å²) in [7, 11) is 1.80. The van der Waals surface area contributed by atoms with Crippen molar-refractivity contribution in [3.8, 4) is 0 Å². The maximum absolute atomic E-state index is 9.00. The monoisotopic (exact) mass is 296 g/mol.